The predicted molar refractivity (Wildman–Crippen MR) is 220 cm³/mol. The average Bonchev–Trinajstić information content (AvgIpc) is 4.08. The van der Waals surface area contributed by atoms with Crippen LogP contribution in [0.1, 0.15) is 80.0 Å². The number of nitriles is 1. The molecule has 0 radical (unpaired) electrons. The lowest BCUT2D eigenvalue weighted by Gasteiger charge is -2.31. The van der Waals surface area contributed by atoms with Crippen LogP contribution in [0, 0.1) is 11.3 Å². The number of hydrogen-bond acceptors (Lipinski definition) is 13. The normalized spacial score (nSPS) is 17.1. The predicted octanol–water partition coefficient (Wildman–Crippen LogP) is 8.03. The van der Waals surface area contributed by atoms with E-state index in [-0.39, 0.29) is 18.1 Å². The van der Waals surface area contributed by atoms with Gasteiger partial charge in [0, 0.05) is 41.4 Å². The highest BCUT2D eigenvalue weighted by Gasteiger charge is 2.31. The SMILES string of the molecule is CCOc1ccc(-c2nc(-c3cccc4c3CC[C@H]4OC(C)Oc3ccc(-c4nc(-c5cccc6c5CC[C@H]6NCC(=O)N5CCC5)no4)cc3C#N)no2)cc1OCC. The van der Waals surface area contributed by atoms with Crippen molar-refractivity contribution in [3.8, 4) is 69.0 Å². The number of carbonyl (C=O) groups is 1. The van der Waals surface area contributed by atoms with Crippen molar-refractivity contribution < 1.29 is 32.8 Å². The summed E-state index contributed by atoms with van der Waals surface area (Å²) in [4.78, 5) is 23.8. The van der Waals surface area contributed by atoms with Crippen LogP contribution in [0.25, 0.3) is 45.7 Å². The number of amides is 1. The number of nitrogens with one attached hydrogen (secondary N) is 1. The van der Waals surface area contributed by atoms with E-state index in [2.05, 4.69) is 33.8 Å². The summed E-state index contributed by atoms with van der Waals surface area (Å²) >= 11 is 0. The summed E-state index contributed by atoms with van der Waals surface area (Å²) in [6.07, 6.45) is 3.40. The second-order valence-electron chi connectivity index (χ2n) is 15.0. The third-order valence-electron chi connectivity index (χ3n) is 11.3. The Morgan fingerprint density at radius 3 is 2.13 bits per heavy atom. The average molecular weight is 808 g/mol. The Balaban J connectivity index is 0.856. The van der Waals surface area contributed by atoms with Gasteiger partial charge >= 0.3 is 0 Å². The zero-order chi connectivity index (χ0) is 41.2. The highest BCUT2D eigenvalue weighted by Crippen LogP contribution is 2.41. The summed E-state index contributed by atoms with van der Waals surface area (Å²) in [6.45, 7) is 8.72. The maximum absolute atomic E-state index is 12.5. The molecule has 14 nitrogen and oxygen atoms in total. The Morgan fingerprint density at radius 2 is 1.47 bits per heavy atom. The lowest BCUT2D eigenvalue weighted by Crippen LogP contribution is -2.46. The van der Waals surface area contributed by atoms with Crippen molar-refractivity contribution in [2.24, 2.45) is 0 Å². The first-order valence-electron chi connectivity index (χ1n) is 20.6. The monoisotopic (exact) mass is 807 g/mol. The Morgan fingerprint density at radius 1 is 0.833 bits per heavy atom. The van der Waals surface area contributed by atoms with Crippen LogP contribution >= 0.6 is 0 Å². The molecule has 3 aliphatic rings. The molecule has 9 rings (SSSR count). The van der Waals surface area contributed by atoms with Gasteiger partial charge in [-0.25, -0.2) is 0 Å². The summed E-state index contributed by atoms with van der Waals surface area (Å²) in [7, 11) is 0. The summed E-state index contributed by atoms with van der Waals surface area (Å²) in [5.74, 6) is 3.46. The van der Waals surface area contributed by atoms with Gasteiger partial charge in [0.25, 0.3) is 11.8 Å². The van der Waals surface area contributed by atoms with Crippen LogP contribution in [-0.2, 0) is 22.4 Å². The third kappa shape index (κ3) is 7.69. The van der Waals surface area contributed by atoms with Gasteiger partial charge in [0.1, 0.15) is 11.8 Å². The van der Waals surface area contributed by atoms with Gasteiger partial charge in [-0.15, -0.1) is 0 Å². The smallest absolute Gasteiger partial charge is 0.258 e. The molecule has 14 heteroatoms. The molecule has 1 aliphatic heterocycles. The van der Waals surface area contributed by atoms with Crippen molar-refractivity contribution in [3.63, 3.8) is 0 Å². The fraction of sp³-hybridized carbons (Fsp3) is 0.348. The molecule has 0 spiro atoms. The van der Waals surface area contributed by atoms with Crippen molar-refractivity contribution in [1.29, 1.82) is 5.26 Å². The fourth-order valence-electron chi connectivity index (χ4n) is 8.31. The van der Waals surface area contributed by atoms with Gasteiger partial charge in [0.05, 0.1) is 31.4 Å². The van der Waals surface area contributed by atoms with E-state index in [9.17, 15) is 10.1 Å². The van der Waals surface area contributed by atoms with Gasteiger partial charge in [-0.3, -0.25) is 4.79 Å². The summed E-state index contributed by atoms with van der Waals surface area (Å²) in [5.41, 5.74) is 7.85. The molecule has 6 aromatic rings. The largest absolute Gasteiger partial charge is 0.490 e. The second kappa shape index (κ2) is 17.0. The molecule has 60 heavy (non-hydrogen) atoms. The molecular weight excluding hydrogens is 763 g/mol. The Hall–Kier alpha value is -6.56. The van der Waals surface area contributed by atoms with Crippen LogP contribution in [0.3, 0.4) is 0 Å². The van der Waals surface area contributed by atoms with Crippen LogP contribution in [0.5, 0.6) is 17.2 Å². The highest BCUT2D eigenvalue weighted by molar-refractivity contribution is 5.79. The van der Waals surface area contributed by atoms with E-state index in [1.165, 1.54) is 0 Å². The molecule has 1 fully saturated rings. The van der Waals surface area contributed by atoms with Gasteiger partial charge in [0.15, 0.2) is 17.8 Å². The highest BCUT2D eigenvalue weighted by atomic mass is 16.7. The minimum atomic E-state index is -0.666. The van der Waals surface area contributed by atoms with E-state index in [0.29, 0.717) is 71.6 Å². The zero-order valence-electron chi connectivity index (χ0n) is 33.8. The first-order valence-corrected chi connectivity index (χ1v) is 20.6. The lowest BCUT2D eigenvalue weighted by atomic mass is 10.0. The van der Waals surface area contributed by atoms with Gasteiger partial charge in [-0.05, 0) is 112 Å². The maximum Gasteiger partial charge on any atom is 0.258 e. The van der Waals surface area contributed by atoms with Crippen molar-refractivity contribution in [2.75, 3.05) is 32.8 Å². The number of rotatable bonds is 15. The number of carbonyl (C=O) groups excluding carboxylic acids is 1. The molecule has 1 amide bonds. The van der Waals surface area contributed by atoms with Crippen molar-refractivity contribution in [1.82, 2.24) is 30.5 Å². The number of fused-ring (bicyclic) bond motifs is 2. The van der Waals surface area contributed by atoms with Gasteiger partial charge in [-0.2, -0.15) is 15.2 Å². The maximum atomic E-state index is 12.5. The Kier molecular flexibility index (Phi) is 11.0. The molecule has 2 aliphatic carbocycles. The lowest BCUT2D eigenvalue weighted by molar-refractivity contribution is -0.133. The summed E-state index contributed by atoms with van der Waals surface area (Å²) in [5, 5.41) is 22.2. The molecule has 2 aromatic heterocycles. The standard InChI is InChI=1S/C46H45N7O7/c1-4-55-40-19-14-29(24-41(40)56-5-2)46-50-44(52-60-46)36-12-7-10-34-32(36)16-20-39(34)58-27(3)57-38-18-13-28(23-30(38)25-47)45-49-43(51-59-45)35-11-6-9-33-31(35)15-17-37(33)48-26-42(54)53-21-8-22-53/h6-7,9-14,18-19,23-24,27,37,39,48H,4-5,8,15-17,20-22,26H2,1-3H3/t27?,37-,39-/m1/s1. The molecular formula is C46H45N7O7. The van der Waals surface area contributed by atoms with E-state index >= 15 is 0 Å². The van der Waals surface area contributed by atoms with Gasteiger partial charge in [-0.1, -0.05) is 46.7 Å². The van der Waals surface area contributed by atoms with Gasteiger partial charge in [0.2, 0.25) is 17.6 Å². The topological polar surface area (TPSA) is 171 Å². The zero-order valence-corrected chi connectivity index (χ0v) is 33.8. The molecule has 4 aromatic carbocycles. The van der Waals surface area contributed by atoms with Crippen LogP contribution in [0.4, 0.5) is 0 Å². The Bertz CT molecular complexity index is 2570. The minimum absolute atomic E-state index is 0.0894. The summed E-state index contributed by atoms with van der Waals surface area (Å²) < 4.78 is 35.6. The van der Waals surface area contributed by atoms with Crippen LogP contribution in [0.2, 0.25) is 0 Å². The van der Waals surface area contributed by atoms with E-state index in [1.807, 2.05) is 68.1 Å². The first-order chi connectivity index (χ1) is 29.4. The van der Waals surface area contributed by atoms with E-state index in [1.54, 1.807) is 18.2 Å². The molecule has 3 heterocycles. The molecule has 1 saturated heterocycles. The second-order valence-corrected chi connectivity index (χ2v) is 15.0. The summed E-state index contributed by atoms with van der Waals surface area (Å²) in [6, 6.07) is 25.2. The van der Waals surface area contributed by atoms with E-state index in [0.717, 1.165) is 84.1 Å². The number of benzene rings is 4. The van der Waals surface area contributed by atoms with E-state index < -0.39 is 6.29 Å². The third-order valence-corrected chi connectivity index (χ3v) is 11.3. The Labute approximate surface area is 347 Å². The minimum Gasteiger partial charge on any atom is -0.490 e. The van der Waals surface area contributed by atoms with Crippen LogP contribution < -0.4 is 19.5 Å². The van der Waals surface area contributed by atoms with Crippen molar-refractivity contribution >= 4 is 5.91 Å². The number of aromatic nitrogens is 4. The van der Waals surface area contributed by atoms with Gasteiger partial charge < -0.3 is 38.2 Å². The number of likely N-dealkylation sites (tertiary alicyclic amines) is 1. The fourth-order valence-corrected chi connectivity index (χ4v) is 8.31. The van der Waals surface area contributed by atoms with Crippen LogP contribution in [0.15, 0.2) is 81.8 Å². The first kappa shape index (κ1) is 38.9. The quantitative estimate of drug-likeness (QED) is 0.0990. The number of nitrogens with zero attached hydrogens (tertiary/aromatic N) is 6. The van der Waals surface area contributed by atoms with Crippen molar-refractivity contribution in [2.45, 2.75) is 71.3 Å². The van der Waals surface area contributed by atoms with E-state index in [4.69, 9.17) is 38.0 Å². The molecule has 0 saturated carbocycles. The molecule has 0 bridgehead atoms. The molecule has 1 unspecified atom stereocenters. The van der Waals surface area contributed by atoms with Crippen LogP contribution in [-0.4, -0.2) is 70.2 Å². The molecule has 1 N–H and O–H groups in total. The molecule has 3 atom stereocenters. The van der Waals surface area contributed by atoms with Crippen molar-refractivity contribution in [3.05, 3.63) is 101 Å². The number of hydrogen-bond donors (Lipinski definition) is 1. The number of ether oxygens (including phenoxy) is 4. The molecule has 306 valence electrons.